The average molecular weight is 456 g/mol. The summed E-state index contributed by atoms with van der Waals surface area (Å²) in [7, 11) is 0. The fraction of sp³-hybridized carbons (Fsp3) is 0.556. The first-order chi connectivity index (χ1) is 14.3. The molecule has 10 nitrogen and oxygen atoms in total. The number of carbonyl (C=O) groups excluding carboxylic acids is 2. The lowest BCUT2D eigenvalue weighted by molar-refractivity contribution is -0.0976. The Hall–Kier alpha value is -1.38. The fourth-order valence-electron chi connectivity index (χ4n) is 4.24. The molecule has 2 saturated heterocycles. The highest BCUT2D eigenvalue weighted by molar-refractivity contribution is 8.13. The largest absolute Gasteiger partial charge is 0.452 e. The van der Waals surface area contributed by atoms with E-state index < -0.39 is 42.4 Å². The first-order valence-corrected chi connectivity index (χ1v) is 11.4. The van der Waals surface area contributed by atoms with Crippen molar-refractivity contribution in [2.75, 3.05) is 24.6 Å². The Balaban J connectivity index is 1.37. The topological polar surface area (TPSA) is 140 Å². The summed E-state index contributed by atoms with van der Waals surface area (Å²) in [6, 6.07) is 3.04. The molecule has 0 aliphatic carbocycles. The number of thioether (sulfide) groups is 2. The van der Waals surface area contributed by atoms with E-state index in [1.807, 2.05) is 0 Å². The zero-order valence-corrected chi connectivity index (χ0v) is 17.2. The predicted molar refractivity (Wildman–Crippen MR) is 105 cm³/mol. The van der Waals surface area contributed by atoms with Crippen molar-refractivity contribution in [2.45, 2.75) is 36.5 Å². The number of rotatable bonds is 4. The summed E-state index contributed by atoms with van der Waals surface area (Å²) in [6.45, 7) is 0.257. The third-order valence-corrected chi connectivity index (χ3v) is 7.53. The monoisotopic (exact) mass is 456 g/mol. The second-order valence-corrected chi connectivity index (χ2v) is 9.57. The van der Waals surface area contributed by atoms with Gasteiger partial charge in [-0.2, -0.15) is 0 Å². The van der Waals surface area contributed by atoms with Gasteiger partial charge in [0.05, 0.1) is 12.6 Å². The van der Waals surface area contributed by atoms with E-state index in [2.05, 4.69) is 0 Å². The van der Waals surface area contributed by atoms with Crippen molar-refractivity contribution in [1.82, 2.24) is 9.80 Å². The summed E-state index contributed by atoms with van der Waals surface area (Å²) >= 11 is 2.26. The first kappa shape index (κ1) is 20.5. The molecule has 4 aliphatic rings. The number of hydrogen-bond donors (Lipinski definition) is 4. The molecule has 4 heterocycles. The number of carbonyl (C=O) groups is 2. The molecule has 0 saturated carbocycles. The highest BCUT2D eigenvalue weighted by atomic mass is 32.2. The van der Waals surface area contributed by atoms with Crippen LogP contribution in [0, 0.1) is 0 Å². The maximum absolute atomic E-state index is 12.9. The average Bonchev–Trinajstić information content (AvgIpc) is 3.43. The van der Waals surface area contributed by atoms with Crippen LogP contribution < -0.4 is 0 Å². The van der Waals surface area contributed by atoms with Crippen molar-refractivity contribution in [2.24, 2.45) is 0 Å². The minimum Gasteiger partial charge on any atom is -0.452 e. The van der Waals surface area contributed by atoms with E-state index in [9.17, 15) is 30.0 Å². The van der Waals surface area contributed by atoms with Gasteiger partial charge in [0, 0.05) is 40.3 Å². The number of fused-ring (bicyclic) bond motifs is 2. The van der Waals surface area contributed by atoms with E-state index >= 15 is 0 Å². The molecule has 4 aliphatic heterocycles. The van der Waals surface area contributed by atoms with Gasteiger partial charge in [-0.05, 0) is 23.9 Å². The van der Waals surface area contributed by atoms with E-state index in [4.69, 9.17) is 9.47 Å². The van der Waals surface area contributed by atoms with Crippen molar-refractivity contribution in [1.29, 1.82) is 0 Å². The standard InChI is InChI=1S/C18H20N2O8S2/c21-13-9-1-10-12(16(24)20(14(10)22)4-8-6-30-18(26)28-8)2-11(9)15(23)19(13)3-7-5-29-17(25)27-7/h1-2,7-8,13-15,18,21-23,26H,3-6H2. The zero-order chi connectivity index (χ0) is 21.2. The van der Waals surface area contributed by atoms with Crippen molar-refractivity contribution in [3.8, 4) is 0 Å². The van der Waals surface area contributed by atoms with Crippen LogP contribution in [0.2, 0.25) is 0 Å². The molecule has 1 aromatic rings. The number of nitrogens with zero attached hydrogens (tertiary/aromatic N) is 2. The molecule has 0 spiro atoms. The van der Waals surface area contributed by atoms with Gasteiger partial charge in [-0.25, -0.2) is 9.69 Å². The van der Waals surface area contributed by atoms with Gasteiger partial charge in [0.1, 0.15) is 18.6 Å². The SMILES string of the molecule is O=C1OC(CN2C(O)c3cc4c(cc3C2O)C(O)N(CC2CSC(O)O2)C4=O)CS1. The molecule has 5 rings (SSSR count). The van der Waals surface area contributed by atoms with Crippen molar-refractivity contribution in [3.63, 3.8) is 0 Å². The molecule has 1 amide bonds. The molecule has 2 fully saturated rings. The number of hydrogen-bond acceptors (Lipinski definition) is 11. The number of ether oxygens (including phenoxy) is 2. The van der Waals surface area contributed by atoms with E-state index in [0.29, 0.717) is 28.2 Å². The number of cyclic esters (lactones) is 1. The summed E-state index contributed by atoms with van der Waals surface area (Å²) in [5.74, 6) is 0.529. The smallest absolute Gasteiger partial charge is 0.367 e. The Morgan fingerprint density at radius 2 is 1.67 bits per heavy atom. The van der Waals surface area contributed by atoms with Crippen LogP contribution in [0.15, 0.2) is 12.1 Å². The van der Waals surface area contributed by atoms with Gasteiger partial charge in [0.15, 0.2) is 6.23 Å². The molecule has 162 valence electrons. The van der Waals surface area contributed by atoms with Crippen LogP contribution in [0.4, 0.5) is 4.79 Å². The molecule has 1 aromatic carbocycles. The summed E-state index contributed by atoms with van der Waals surface area (Å²) < 4.78 is 10.5. The van der Waals surface area contributed by atoms with E-state index in [-0.39, 0.29) is 24.0 Å². The van der Waals surface area contributed by atoms with Crippen LogP contribution in [0.25, 0.3) is 0 Å². The third-order valence-electron chi connectivity index (χ3n) is 5.70. The van der Waals surface area contributed by atoms with Gasteiger partial charge in [0.25, 0.3) is 5.91 Å². The maximum atomic E-state index is 12.9. The summed E-state index contributed by atoms with van der Waals surface area (Å²) in [4.78, 5) is 26.8. The summed E-state index contributed by atoms with van der Waals surface area (Å²) in [5.41, 5.74) is 0.438. The molecule has 0 bridgehead atoms. The van der Waals surface area contributed by atoms with Crippen molar-refractivity contribution >= 4 is 34.7 Å². The molecular weight excluding hydrogens is 436 g/mol. The van der Waals surface area contributed by atoms with Crippen molar-refractivity contribution < 1.29 is 39.5 Å². The van der Waals surface area contributed by atoms with Crippen LogP contribution in [0.3, 0.4) is 0 Å². The Morgan fingerprint density at radius 1 is 0.933 bits per heavy atom. The number of aliphatic hydroxyl groups is 4. The van der Waals surface area contributed by atoms with Gasteiger partial charge in [-0.1, -0.05) is 11.8 Å². The van der Waals surface area contributed by atoms with E-state index in [0.717, 1.165) is 11.8 Å². The van der Waals surface area contributed by atoms with Crippen LogP contribution in [0.1, 0.15) is 45.7 Å². The lowest BCUT2D eigenvalue weighted by Gasteiger charge is -2.26. The molecule has 4 N–H and O–H groups in total. The van der Waals surface area contributed by atoms with Gasteiger partial charge >= 0.3 is 5.30 Å². The van der Waals surface area contributed by atoms with E-state index in [1.165, 1.54) is 33.7 Å². The minimum atomic E-state index is -1.21. The predicted octanol–water partition coefficient (Wildman–Crippen LogP) is 0.0906. The van der Waals surface area contributed by atoms with Gasteiger partial charge in [0.2, 0.25) is 5.62 Å². The molecule has 12 heteroatoms. The molecule has 0 radical (unpaired) electrons. The van der Waals surface area contributed by atoms with Crippen molar-refractivity contribution in [3.05, 3.63) is 34.4 Å². The highest BCUT2D eigenvalue weighted by Gasteiger charge is 2.44. The van der Waals surface area contributed by atoms with Crippen LogP contribution in [0.5, 0.6) is 0 Å². The second-order valence-electron chi connectivity index (χ2n) is 7.54. The Bertz CT molecular complexity index is 901. The maximum Gasteiger partial charge on any atom is 0.367 e. The van der Waals surface area contributed by atoms with E-state index in [1.54, 1.807) is 0 Å². The number of amides is 1. The van der Waals surface area contributed by atoms with Gasteiger partial charge < -0.3 is 34.8 Å². The van der Waals surface area contributed by atoms with Crippen LogP contribution >= 0.6 is 23.5 Å². The summed E-state index contributed by atoms with van der Waals surface area (Å²) in [5, 5.41) is 41.3. The Labute approximate surface area is 179 Å². The third kappa shape index (κ3) is 3.31. The quantitative estimate of drug-likeness (QED) is 0.458. The molecule has 6 unspecified atom stereocenters. The van der Waals surface area contributed by atoms with Crippen LogP contribution in [-0.4, -0.2) is 83.9 Å². The van der Waals surface area contributed by atoms with Gasteiger partial charge in [-0.15, -0.1) is 0 Å². The molecule has 6 atom stereocenters. The first-order valence-electron chi connectivity index (χ1n) is 9.40. The minimum absolute atomic E-state index is 0.116. The van der Waals surface area contributed by atoms with Crippen LogP contribution in [-0.2, 0) is 9.47 Å². The summed E-state index contributed by atoms with van der Waals surface area (Å²) in [6.07, 6.45) is -4.40. The second kappa shape index (κ2) is 7.64. The highest BCUT2D eigenvalue weighted by Crippen LogP contribution is 2.44. The molecule has 0 aromatic heterocycles. The Kier molecular flexibility index (Phi) is 5.22. The number of aliphatic hydroxyl groups excluding tert-OH is 4. The Morgan fingerprint density at radius 3 is 2.30 bits per heavy atom. The fourth-order valence-corrected chi connectivity index (χ4v) is 5.74. The zero-order valence-electron chi connectivity index (χ0n) is 15.6. The van der Waals surface area contributed by atoms with Gasteiger partial charge in [-0.3, -0.25) is 4.79 Å². The lowest BCUT2D eigenvalue weighted by Crippen LogP contribution is -2.36. The number of benzene rings is 1. The molecule has 30 heavy (non-hydrogen) atoms. The normalized spacial score (nSPS) is 35.8. The molecular formula is C18H20N2O8S2. The lowest BCUT2D eigenvalue weighted by atomic mass is 10.00.